The van der Waals surface area contributed by atoms with Crippen molar-refractivity contribution in [2.75, 3.05) is 43.4 Å². The maximum atomic E-state index is 12.5. The number of ether oxygens (including phenoxy) is 1. The number of rotatable bonds is 9. The number of carboxylic acids is 1. The van der Waals surface area contributed by atoms with Gasteiger partial charge in [-0.1, -0.05) is 18.2 Å². The Bertz CT molecular complexity index is 1010. The van der Waals surface area contributed by atoms with Crippen molar-refractivity contribution in [3.05, 3.63) is 47.5 Å². The second-order valence-corrected chi connectivity index (χ2v) is 9.05. The molecule has 0 radical (unpaired) electrons. The molecule has 0 spiro atoms. The van der Waals surface area contributed by atoms with Gasteiger partial charge >= 0.3 is 5.97 Å². The van der Waals surface area contributed by atoms with Crippen LogP contribution in [0.3, 0.4) is 0 Å². The number of aromatic carboxylic acids is 1. The van der Waals surface area contributed by atoms with Gasteiger partial charge in [0.1, 0.15) is 11.3 Å². The molecule has 4 rings (SSSR count). The van der Waals surface area contributed by atoms with Gasteiger partial charge in [0, 0.05) is 12.5 Å². The largest absolute Gasteiger partial charge is 0.492 e. The fraction of sp³-hybridized carbons (Fsp3) is 0.409. The van der Waals surface area contributed by atoms with Gasteiger partial charge in [-0.2, -0.15) is 0 Å². The van der Waals surface area contributed by atoms with Crippen LogP contribution in [0.2, 0.25) is 0 Å². The molecular weight excluding hydrogens is 418 g/mol. The molecule has 0 aromatic heterocycles. The maximum absolute atomic E-state index is 12.5. The number of benzene rings is 2. The highest BCUT2D eigenvalue weighted by Crippen LogP contribution is 2.56. The van der Waals surface area contributed by atoms with Gasteiger partial charge in [-0.3, -0.25) is 4.55 Å². The van der Waals surface area contributed by atoms with E-state index in [9.17, 15) is 18.7 Å². The number of hydrogen-bond donors (Lipinski definition) is 3. The van der Waals surface area contributed by atoms with E-state index in [1.54, 1.807) is 18.2 Å². The molecule has 166 valence electrons. The lowest BCUT2D eigenvalue weighted by Crippen LogP contribution is -2.25. The number of carboxylic acid groups (broad SMARTS) is 1. The summed E-state index contributed by atoms with van der Waals surface area (Å²) in [7, 11) is 4.00. The molecule has 9 heteroatoms. The summed E-state index contributed by atoms with van der Waals surface area (Å²) < 4.78 is 29.6. The number of nitrogens with zero attached hydrogens (tertiary/aromatic N) is 2. The maximum Gasteiger partial charge on any atom is 0.341 e. The fourth-order valence-corrected chi connectivity index (χ4v) is 4.78. The summed E-state index contributed by atoms with van der Waals surface area (Å²) in [5.74, 6) is -0.113. The Hall–Kier alpha value is -2.62. The van der Waals surface area contributed by atoms with E-state index >= 15 is 0 Å². The molecule has 2 aliphatic rings. The standard InChI is InChI=1S/C22H27N3O5S/c1-24(2)11-5-10-23-17-6-3-4-7-18(17)25(31(28)29)19-9-8-15-16-12-14(16)13-30-21(15)20(19)22(26)27/h3-4,6-9,14,16,23H,5,10-13H2,1-2H3,(H,26,27)(H,28,29)/t14-,16-/m0/s1. The summed E-state index contributed by atoms with van der Waals surface area (Å²) in [6, 6.07) is 10.5. The Morgan fingerprint density at radius 3 is 2.71 bits per heavy atom. The Labute approximate surface area is 184 Å². The van der Waals surface area contributed by atoms with Gasteiger partial charge in [-0.25, -0.2) is 13.3 Å². The Morgan fingerprint density at radius 2 is 2.00 bits per heavy atom. The number of carbonyl (C=O) groups is 1. The van der Waals surface area contributed by atoms with Crippen LogP contribution in [0.5, 0.6) is 5.75 Å². The zero-order valence-corrected chi connectivity index (χ0v) is 18.4. The van der Waals surface area contributed by atoms with E-state index in [0.717, 1.165) is 29.3 Å². The van der Waals surface area contributed by atoms with Crippen LogP contribution in [0.25, 0.3) is 0 Å². The molecule has 0 bridgehead atoms. The number of anilines is 3. The smallest absolute Gasteiger partial charge is 0.341 e. The number of nitrogens with one attached hydrogen (secondary N) is 1. The number of para-hydroxylation sites is 2. The van der Waals surface area contributed by atoms with E-state index in [1.807, 2.05) is 32.3 Å². The average molecular weight is 446 g/mol. The van der Waals surface area contributed by atoms with Crippen LogP contribution in [0.4, 0.5) is 17.1 Å². The van der Waals surface area contributed by atoms with Crippen LogP contribution in [-0.4, -0.2) is 58.5 Å². The van der Waals surface area contributed by atoms with E-state index in [4.69, 9.17) is 4.74 Å². The summed E-state index contributed by atoms with van der Waals surface area (Å²) >= 11 is -2.49. The lowest BCUT2D eigenvalue weighted by Gasteiger charge is -2.27. The lowest BCUT2D eigenvalue weighted by molar-refractivity contribution is 0.0692. The zero-order chi connectivity index (χ0) is 22.1. The molecular formula is C22H27N3O5S. The van der Waals surface area contributed by atoms with Crippen molar-refractivity contribution in [2.45, 2.75) is 18.8 Å². The molecule has 0 amide bonds. The third-order valence-corrected chi connectivity index (χ3v) is 6.44. The Kier molecular flexibility index (Phi) is 6.17. The van der Waals surface area contributed by atoms with Crippen LogP contribution in [0.15, 0.2) is 36.4 Å². The molecule has 1 aliphatic heterocycles. The Morgan fingerprint density at radius 1 is 1.23 bits per heavy atom. The van der Waals surface area contributed by atoms with Crippen molar-refractivity contribution in [3.8, 4) is 5.75 Å². The second kappa shape index (κ2) is 8.86. The summed E-state index contributed by atoms with van der Waals surface area (Å²) in [6.07, 6.45) is 1.87. The Balaban J connectivity index is 1.73. The number of hydrogen-bond acceptors (Lipinski definition) is 5. The van der Waals surface area contributed by atoms with Gasteiger partial charge in [0.15, 0.2) is 0 Å². The third kappa shape index (κ3) is 4.39. The van der Waals surface area contributed by atoms with Gasteiger partial charge in [0.25, 0.3) is 11.3 Å². The molecule has 3 atom stereocenters. The zero-order valence-electron chi connectivity index (χ0n) is 17.6. The fourth-order valence-electron chi connectivity index (χ4n) is 4.13. The quantitative estimate of drug-likeness (QED) is 0.401. The van der Waals surface area contributed by atoms with Gasteiger partial charge in [-0.05, 0) is 63.2 Å². The van der Waals surface area contributed by atoms with Crippen LogP contribution < -0.4 is 14.4 Å². The van der Waals surface area contributed by atoms with E-state index in [1.165, 1.54) is 0 Å². The van der Waals surface area contributed by atoms with Crippen molar-refractivity contribution >= 4 is 34.3 Å². The van der Waals surface area contributed by atoms with Gasteiger partial charge in [-0.15, -0.1) is 0 Å². The van der Waals surface area contributed by atoms with Crippen LogP contribution in [-0.2, 0) is 11.3 Å². The van der Waals surface area contributed by atoms with Gasteiger partial charge in [0.2, 0.25) is 0 Å². The van der Waals surface area contributed by atoms with E-state index in [2.05, 4.69) is 10.2 Å². The first-order valence-corrected chi connectivity index (χ1v) is 11.4. The predicted molar refractivity (Wildman–Crippen MR) is 121 cm³/mol. The molecule has 3 N–H and O–H groups in total. The van der Waals surface area contributed by atoms with Gasteiger partial charge < -0.3 is 20.1 Å². The minimum Gasteiger partial charge on any atom is -0.492 e. The van der Waals surface area contributed by atoms with Crippen molar-refractivity contribution in [1.82, 2.24) is 4.90 Å². The van der Waals surface area contributed by atoms with Crippen molar-refractivity contribution in [1.29, 1.82) is 0 Å². The van der Waals surface area contributed by atoms with E-state index in [0.29, 0.717) is 42.1 Å². The monoisotopic (exact) mass is 445 g/mol. The van der Waals surface area contributed by atoms with Crippen molar-refractivity contribution < 1.29 is 23.4 Å². The molecule has 1 fully saturated rings. The molecule has 1 aliphatic carbocycles. The first-order chi connectivity index (χ1) is 14.9. The average Bonchev–Trinajstić information content (AvgIpc) is 3.51. The minimum atomic E-state index is -2.49. The molecule has 0 saturated heterocycles. The molecule has 31 heavy (non-hydrogen) atoms. The van der Waals surface area contributed by atoms with E-state index < -0.39 is 17.2 Å². The normalized spacial score (nSPS) is 19.7. The molecule has 2 aromatic rings. The predicted octanol–water partition coefficient (Wildman–Crippen LogP) is 3.52. The van der Waals surface area contributed by atoms with Crippen LogP contribution in [0, 0.1) is 5.92 Å². The summed E-state index contributed by atoms with van der Waals surface area (Å²) in [4.78, 5) is 14.3. The molecule has 8 nitrogen and oxygen atoms in total. The summed E-state index contributed by atoms with van der Waals surface area (Å²) in [5, 5.41) is 13.3. The highest BCUT2D eigenvalue weighted by molar-refractivity contribution is 7.81. The summed E-state index contributed by atoms with van der Waals surface area (Å²) in [6.45, 7) is 2.05. The third-order valence-electron chi connectivity index (χ3n) is 5.74. The van der Waals surface area contributed by atoms with Crippen molar-refractivity contribution in [3.63, 3.8) is 0 Å². The van der Waals surface area contributed by atoms with Gasteiger partial charge in [0.05, 0.1) is 23.7 Å². The second-order valence-electron chi connectivity index (χ2n) is 8.22. The van der Waals surface area contributed by atoms with Crippen LogP contribution in [0.1, 0.15) is 34.7 Å². The number of fused-ring (bicyclic) bond motifs is 3. The van der Waals surface area contributed by atoms with Crippen LogP contribution >= 0.6 is 0 Å². The molecule has 2 aromatic carbocycles. The SMILES string of the molecule is CN(C)CCCNc1ccccc1N(c1ccc2c(c1C(=O)O)OC[C@@H]1C[C@H]21)S(=O)O. The lowest BCUT2D eigenvalue weighted by atomic mass is 10.00. The van der Waals surface area contributed by atoms with Crippen molar-refractivity contribution in [2.24, 2.45) is 5.92 Å². The highest BCUT2D eigenvalue weighted by atomic mass is 32.2. The topological polar surface area (TPSA) is 102 Å². The molecule has 1 saturated carbocycles. The highest BCUT2D eigenvalue weighted by Gasteiger charge is 2.45. The molecule has 1 unspecified atom stereocenters. The first kappa shape index (κ1) is 21.6. The first-order valence-electron chi connectivity index (χ1n) is 10.3. The summed E-state index contributed by atoms with van der Waals surface area (Å²) in [5.41, 5.74) is 2.01. The van der Waals surface area contributed by atoms with E-state index in [-0.39, 0.29) is 11.3 Å². The minimum absolute atomic E-state index is 0.0762. The molecule has 1 heterocycles.